The number of likely N-dealkylation sites (tertiary alicyclic amines) is 1. The molecular formula is C25H26F3N5O3. The van der Waals surface area contributed by atoms with E-state index in [1.807, 2.05) is 11.0 Å². The van der Waals surface area contributed by atoms with Gasteiger partial charge in [-0.15, -0.1) is 13.2 Å². The summed E-state index contributed by atoms with van der Waals surface area (Å²) in [7, 11) is 0. The predicted molar refractivity (Wildman–Crippen MR) is 124 cm³/mol. The summed E-state index contributed by atoms with van der Waals surface area (Å²) in [5.74, 6) is -0.174. The van der Waals surface area contributed by atoms with Crippen LogP contribution in [0.25, 0.3) is 6.08 Å². The lowest BCUT2D eigenvalue weighted by atomic mass is 10.00. The fourth-order valence-corrected chi connectivity index (χ4v) is 4.92. The third-order valence-corrected chi connectivity index (χ3v) is 6.84. The quantitative estimate of drug-likeness (QED) is 0.497. The SMILES string of the molecule is O=C(/C=C/c1ccc(OC(F)(F)F)cc1)N1CC=C2CN(C(=O)C3Cc4nc[nH]c4CN3)C[C@H]2CC1. The fourth-order valence-electron chi connectivity index (χ4n) is 4.92. The molecule has 3 aliphatic rings. The molecule has 0 spiro atoms. The van der Waals surface area contributed by atoms with E-state index in [0.717, 1.165) is 17.8 Å². The predicted octanol–water partition coefficient (Wildman–Crippen LogP) is 2.65. The summed E-state index contributed by atoms with van der Waals surface area (Å²) in [5.41, 5.74) is 3.74. The number of hydrogen-bond acceptors (Lipinski definition) is 5. The second-order valence-corrected chi connectivity index (χ2v) is 9.18. The van der Waals surface area contributed by atoms with Crippen LogP contribution < -0.4 is 10.1 Å². The van der Waals surface area contributed by atoms with E-state index in [1.165, 1.54) is 35.9 Å². The van der Waals surface area contributed by atoms with Gasteiger partial charge in [0.05, 0.1) is 23.8 Å². The van der Waals surface area contributed by atoms with Gasteiger partial charge in [0.1, 0.15) is 5.75 Å². The van der Waals surface area contributed by atoms with Crippen molar-refractivity contribution in [1.82, 2.24) is 25.1 Å². The van der Waals surface area contributed by atoms with Gasteiger partial charge < -0.3 is 19.5 Å². The number of alkyl halides is 3. The number of aromatic amines is 1. The number of H-pyrrole nitrogens is 1. The summed E-state index contributed by atoms with van der Waals surface area (Å²) >= 11 is 0. The van der Waals surface area contributed by atoms with Crippen molar-refractivity contribution in [1.29, 1.82) is 0 Å². The molecule has 8 nitrogen and oxygen atoms in total. The van der Waals surface area contributed by atoms with E-state index in [4.69, 9.17) is 0 Å². The molecule has 2 atom stereocenters. The van der Waals surface area contributed by atoms with Gasteiger partial charge in [-0.2, -0.15) is 0 Å². The summed E-state index contributed by atoms with van der Waals surface area (Å²) in [6, 6.07) is 5.05. The van der Waals surface area contributed by atoms with E-state index < -0.39 is 6.36 Å². The van der Waals surface area contributed by atoms with Crippen LogP contribution in [0.15, 0.2) is 48.3 Å². The molecule has 0 bridgehead atoms. The number of rotatable bonds is 4. The Hall–Kier alpha value is -3.60. The molecule has 1 saturated heterocycles. The molecule has 36 heavy (non-hydrogen) atoms. The molecule has 5 rings (SSSR count). The lowest BCUT2D eigenvalue weighted by Gasteiger charge is -2.27. The largest absolute Gasteiger partial charge is 0.573 e. The van der Waals surface area contributed by atoms with Crippen LogP contribution in [0.4, 0.5) is 13.2 Å². The number of amides is 2. The van der Waals surface area contributed by atoms with Crippen LogP contribution in [-0.4, -0.2) is 70.2 Å². The number of ether oxygens (including phenoxy) is 1. The van der Waals surface area contributed by atoms with Gasteiger partial charge in [-0.05, 0) is 35.8 Å². The van der Waals surface area contributed by atoms with Crippen LogP contribution in [0, 0.1) is 5.92 Å². The van der Waals surface area contributed by atoms with Crippen molar-refractivity contribution in [3.05, 3.63) is 65.3 Å². The van der Waals surface area contributed by atoms with Gasteiger partial charge >= 0.3 is 6.36 Å². The van der Waals surface area contributed by atoms with Crippen molar-refractivity contribution in [2.75, 3.05) is 26.2 Å². The molecule has 2 N–H and O–H groups in total. The molecule has 1 unspecified atom stereocenters. The minimum atomic E-state index is -4.74. The number of nitrogens with zero attached hydrogens (tertiary/aromatic N) is 3. The van der Waals surface area contributed by atoms with Gasteiger partial charge in [-0.25, -0.2) is 4.98 Å². The highest BCUT2D eigenvalue weighted by molar-refractivity contribution is 5.92. The number of carbonyl (C=O) groups excluding carboxylic acids is 2. The highest BCUT2D eigenvalue weighted by Crippen LogP contribution is 2.29. The Kier molecular flexibility index (Phi) is 6.57. The highest BCUT2D eigenvalue weighted by Gasteiger charge is 2.36. The monoisotopic (exact) mass is 501 g/mol. The highest BCUT2D eigenvalue weighted by atomic mass is 19.4. The maximum atomic E-state index is 13.1. The fraction of sp³-hybridized carbons (Fsp3) is 0.400. The summed E-state index contributed by atoms with van der Waals surface area (Å²) in [6.07, 6.45) is 3.29. The van der Waals surface area contributed by atoms with Gasteiger partial charge in [0, 0.05) is 51.1 Å². The topological polar surface area (TPSA) is 90.6 Å². The zero-order valence-electron chi connectivity index (χ0n) is 19.4. The number of fused-ring (bicyclic) bond motifs is 2. The summed E-state index contributed by atoms with van der Waals surface area (Å²) in [6.45, 7) is 2.82. The third kappa shape index (κ3) is 5.46. The Morgan fingerprint density at radius 1 is 1.17 bits per heavy atom. The second-order valence-electron chi connectivity index (χ2n) is 9.18. The molecule has 3 aliphatic heterocycles. The number of carbonyl (C=O) groups is 2. The van der Waals surface area contributed by atoms with Crippen molar-refractivity contribution in [3.8, 4) is 5.75 Å². The number of imidazole rings is 1. The first-order chi connectivity index (χ1) is 17.2. The van der Waals surface area contributed by atoms with Gasteiger partial charge in [0.2, 0.25) is 11.8 Å². The molecule has 0 aliphatic carbocycles. The summed E-state index contributed by atoms with van der Waals surface area (Å²) in [5, 5.41) is 3.29. The van der Waals surface area contributed by atoms with Crippen LogP contribution in [0.5, 0.6) is 5.75 Å². The zero-order valence-corrected chi connectivity index (χ0v) is 19.4. The van der Waals surface area contributed by atoms with Gasteiger partial charge in [0.15, 0.2) is 0 Å². The van der Waals surface area contributed by atoms with E-state index in [2.05, 4.69) is 20.0 Å². The van der Waals surface area contributed by atoms with Gasteiger partial charge in [-0.1, -0.05) is 18.2 Å². The van der Waals surface area contributed by atoms with Crippen LogP contribution >= 0.6 is 0 Å². The average Bonchev–Trinajstić information content (AvgIpc) is 3.44. The van der Waals surface area contributed by atoms with Crippen molar-refractivity contribution >= 4 is 17.9 Å². The summed E-state index contributed by atoms with van der Waals surface area (Å²) in [4.78, 5) is 36.8. The number of benzene rings is 1. The van der Waals surface area contributed by atoms with Crippen molar-refractivity contribution in [2.24, 2.45) is 5.92 Å². The molecule has 1 aromatic heterocycles. The molecule has 4 heterocycles. The van der Waals surface area contributed by atoms with E-state index >= 15 is 0 Å². The Bertz CT molecular complexity index is 1190. The van der Waals surface area contributed by atoms with Crippen molar-refractivity contribution in [2.45, 2.75) is 31.8 Å². The van der Waals surface area contributed by atoms with Crippen molar-refractivity contribution in [3.63, 3.8) is 0 Å². The molecule has 0 radical (unpaired) electrons. The zero-order chi connectivity index (χ0) is 25.3. The van der Waals surface area contributed by atoms with Gasteiger partial charge in [0.25, 0.3) is 0 Å². The number of hydrogen-bond donors (Lipinski definition) is 2. The Labute approximate surface area is 205 Å². The second kappa shape index (κ2) is 9.81. The lowest BCUT2D eigenvalue weighted by Crippen LogP contribution is -2.49. The minimum Gasteiger partial charge on any atom is -0.406 e. The molecule has 1 aromatic carbocycles. The standard InChI is InChI=1S/C25H26F3N5O3/c26-25(27,28)36-19-4-1-16(2-5-19)3-6-23(34)32-9-7-17-13-33(14-18(17)8-10-32)24(35)21-11-20-22(12-29-21)31-15-30-20/h1-7,15,18,21,29H,8-14H2,(H,30,31)/b6-3+/t18-,21?/m1/s1. The van der Waals surface area contributed by atoms with E-state index in [1.54, 1.807) is 17.3 Å². The number of aromatic nitrogens is 2. The van der Waals surface area contributed by atoms with Crippen LogP contribution in [-0.2, 0) is 22.6 Å². The molecule has 2 amide bonds. The number of nitrogens with one attached hydrogen (secondary N) is 2. The maximum Gasteiger partial charge on any atom is 0.573 e. The first kappa shape index (κ1) is 24.1. The average molecular weight is 502 g/mol. The molecule has 11 heteroatoms. The third-order valence-electron chi connectivity index (χ3n) is 6.84. The van der Waals surface area contributed by atoms with E-state index in [9.17, 15) is 22.8 Å². The molecule has 190 valence electrons. The Morgan fingerprint density at radius 3 is 2.75 bits per heavy atom. The van der Waals surface area contributed by atoms with Gasteiger partial charge in [-0.3, -0.25) is 14.9 Å². The number of halogens is 3. The van der Waals surface area contributed by atoms with Crippen LogP contribution in [0.3, 0.4) is 0 Å². The molecular weight excluding hydrogens is 475 g/mol. The van der Waals surface area contributed by atoms with E-state index in [-0.39, 0.29) is 29.5 Å². The lowest BCUT2D eigenvalue weighted by molar-refractivity contribution is -0.274. The first-order valence-electron chi connectivity index (χ1n) is 11.8. The molecule has 0 saturated carbocycles. The Balaban J connectivity index is 1.15. The smallest absolute Gasteiger partial charge is 0.406 e. The van der Waals surface area contributed by atoms with Crippen LogP contribution in [0.1, 0.15) is 23.4 Å². The molecule has 1 fully saturated rings. The van der Waals surface area contributed by atoms with Crippen molar-refractivity contribution < 1.29 is 27.5 Å². The van der Waals surface area contributed by atoms with E-state index in [0.29, 0.717) is 44.7 Å². The summed E-state index contributed by atoms with van der Waals surface area (Å²) < 4.78 is 40.7. The van der Waals surface area contributed by atoms with Crippen LogP contribution in [0.2, 0.25) is 0 Å². The maximum absolute atomic E-state index is 13.1. The normalized spacial score (nSPS) is 22.1. The first-order valence-corrected chi connectivity index (χ1v) is 11.8. The Morgan fingerprint density at radius 2 is 1.97 bits per heavy atom. The minimum absolute atomic E-state index is 0.0835. The molecule has 2 aromatic rings.